The third-order valence-corrected chi connectivity index (χ3v) is 4.19. The van der Waals surface area contributed by atoms with E-state index in [1.165, 1.54) is 0 Å². The maximum atomic E-state index is 12.0. The van der Waals surface area contributed by atoms with Gasteiger partial charge in [-0.3, -0.25) is 4.79 Å². The van der Waals surface area contributed by atoms with E-state index in [0.29, 0.717) is 10.7 Å². The zero-order valence-electron chi connectivity index (χ0n) is 11.8. The Morgan fingerprint density at radius 3 is 2.50 bits per heavy atom. The summed E-state index contributed by atoms with van der Waals surface area (Å²) in [6.07, 6.45) is 0. The van der Waals surface area contributed by atoms with Gasteiger partial charge >= 0.3 is 0 Å². The Labute approximate surface area is 134 Å². The van der Waals surface area contributed by atoms with Crippen molar-refractivity contribution >= 4 is 33.2 Å². The van der Waals surface area contributed by atoms with Crippen molar-refractivity contribution in [3.05, 3.63) is 64.7 Å². The number of aryl methyl sites for hydroxylation is 1. The van der Waals surface area contributed by atoms with Crippen LogP contribution in [0.5, 0.6) is 0 Å². The van der Waals surface area contributed by atoms with Crippen LogP contribution in [-0.4, -0.2) is 20.2 Å². The molecule has 0 bridgehead atoms. The molecule has 0 spiro atoms. The molecule has 2 aromatic carbocycles. The number of rotatable bonds is 5. The second kappa shape index (κ2) is 6.81. The third kappa shape index (κ3) is 4.47. The van der Waals surface area contributed by atoms with Gasteiger partial charge in [-0.2, -0.15) is 0 Å². The molecule has 0 aliphatic carbocycles. The summed E-state index contributed by atoms with van der Waals surface area (Å²) in [5, 5.41) is 3.26. The quantitative estimate of drug-likeness (QED) is 0.879. The number of halogens is 1. The Hall–Kier alpha value is -2.05. The van der Waals surface area contributed by atoms with Crippen molar-refractivity contribution in [1.82, 2.24) is 4.72 Å². The summed E-state index contributed by atoms with van der Waals surface area (Å²) in [4.78, 5) is 11.9. The van der Waals surface area contributed by atoms with Gasteiger partial charge in [-0.25, -0.2) is 13.1 Å². The van der Waals surface area contributed by atoms with Crippen LogP contribution in [0.3, 0.4) is 0 Å². The Bertz CT molecular complexity index is 777. The molecule has 0 saturated heterocycles. The number of sulfonamides is 1. The van der Waals surface area contributed by atoms with Gasteiger partial charge in [-0.15, -0.1) is 0 Å². The van der Waals surface area contributed by atoms with E-state index in [4.69, 9.17) is 11.6 Å². The largest absolute Gasteiger partial charge is 0.370 e. The maximum absolute atomic E-state index is 12.0. The van der Waals surface area contributed by atoms with Crippen LogP contribution in [0.25, 0.3) is 0 Å². The number of anilines is 1. The van der Waals surface area contributed by atoms with E-state index in [0.717, 1.165) is 5.56 Å². The van der Waals surface area contributed by atoms with Gasteiger partial charge in [0.25, 0.3) is 15.9 Å². The van der Waals surface area contributed by atoms with Gasteiger partial charge in [-0.05, 0) is 36.8 Å². The van der Waals surface area contributed by atoms with Crippen molar-refractivity contribution in [2.75, 3.05) is 11.2 Å². The Morgan fingerprint density at radius 2 is 1.82 bits per heavy atom. The smallest absolute Gasteiger partial charge is 0.264 e. The van der Waals surface area contributed by atoms with Crippen molar-refractivity contribution in [1.29, 1.82) is 0 Å². The lowest BCUT2D eigenvalue weighted by Crippen LogP contribution is -2.34. The lowest BCUT2D eigenvalue weighted by atomic mass is 10.2. The van der Waals surface area contributed by atoms with Gasteiger partial charge in [0.2, 0.25) is 0 Å². The third-order valence-electron chi connectivity index (χ3n) is 2.94. The predicted molar refractivity (Wildman–Crippen MR) is 87.5 cm³/mol. The van der Waals surface area contributed by atoms with E-state index < -0.39 is 21.8 Å². The highest BCUT2D eigenvalue weighted by atomic mass is 35.5. The molecule has 0 saturated carbocycles. The summed E-state index contributed by atoms with van der Waals surface area (Å²) in [6.45, 7) is 1.83. The topological polar surface area (TPSA) is 75.3 Å². The molecule has 0 aromatic heterocycles. The molecule has 0 atom stereocenters. The number of amides is 1. The minimum absolute atomic E-state index is 0.282. The molecule has 5 nitrogen and oxygen atoms in total. The zero-order chi connectivity index (χ0) is 16.2. The van der Waals surface area contributed by atoms with E-state index in [9.17, 15) is 13.2 Å². The molecule has 0 fully saturated rings. The van der Waals surface area contributed by atoms with Crippen LogP contribution in [0.15, 0.2) is 48.5 Å². The molecule has 1 amide bonds. The fourth-order valence-corrected chi connectivity index (χ4v) is 2.77. The van der Waals surface area contributed by atoms with Gasteiger partial charge in [-0.1, -0.05) is 35.9 Å². The lowest BCUT2D eigenvalue weighted by molar-refractivity contribution is 0.0981. The van der Waals surface area contributed by atoms with Crippen LogP contribution < -0.4 is 10.0 Å². The molecule has 2 N–H and O–H groups in total. The fraction of sp³-hybridized carbons (Fsp3) is 0.133. The van der Waals surface area contributed by atoms with E-state index in [-0.39, 0.29) is 5.56 Å². The zero-order valence-corrected chi connectivity index (χ0v) is 13.4. The van der Waals surface area contributed by atoms with Crippen molar-refractivity contribution in [2.24, 2.45) is 0 Å². The summed E-state index contributed by atoms with van der Waals surface area (Å²) in [5.41, 5.74) is 1.74. The number of nitrogens with one attached hydrogen (secondary N) is 2. The minimum Gasteiger partial charge on any atom is -0.370 e. The number of hydrogen-bond acceptors (Lipinski definition) is 4. The first-order chi connectivity index (χ1) is 10.4. The summed E-state index contributed by atoms with van der Waals surface area (Å²) in [7, 11) is -3.81. The van der Waals surface area contributed by atoms with Gasteiger partial charge in [0.05, 0.1) is 0 Å². The molecular formula is C15H15ClN2O3S. The standard InChI is InChI=1S/C15H15ClN2O3S/c1-11-7-8-13(16)9-14(11)17-10-22(20,21)18-15(19)12-5-3-2-4-6-12/h2-9,17H,10H2,1H3,(H,18,19). The SMILES string of the molecule is Cc1ccc(Cl)cc1NCS(=O)(=O)NC(=O)c1ccccc1. The lowest BCUT2D eigenvalue weighted by Gasteiger charge is -2.11. The summed E-state index contributed by atoms with van der Waals surface area (Å²) in [5.74, 6) is -1.09. The van der Waals surface area contributed by atoms with Crippen molar-refractivity contribution in [2.45, 2.75) is 6.92 Å². The van der Waals surface area contributed by atoms with Crippen LogP contribution in [-0.2, 0) is 10.0 Å². The van der Waals surface area contributed by atoms with Crippen LogP contribution in [0.4, 0.5) is 5.69 Å². The molecule has 2 aromatic rings. The number of benzene rings is 2. The van der Waals surface area contributed by atoms with Crippen LogP contribution >= 0.6 is 11.6 Å². The molecule has 7 heteroatoms. The first-order valence-electron chi connectivity index (χ1n) is 6.47. The average Bonchev–Trinajstić information content (AvgIpc) is 2.49. The molecule has 116 valence electrons. The number of hydrogen-bond donors (Lipinski definition) is 2. The minimum atomic E-state index is -3.81. The van der Waals surface area contributed by atoms with E-state index in [2.05, 4.69) is 5.32 Å². The van der Waals surface area contributed by atoms with Crippen LogP contribution in [0, 0.1) is 6.92 Å². The predicted octanol–water partition coefficient (Wildman–Crippen LogP) is 2.78. The maximum Gasteiger partial charge on any atom is 0.264 e. The molecular weight excluding hydrogens is 324 g/mol. The van der Waals surface area contributed by atoms with Crippen molar-refractivity contribution in [3.63, 3.8) is 0 Å². The average molecular weight is 339 g/mol. The number of carbonyl (C=O) groups is 1. The Morgan fingerprint density at radius 1 is 1.14 bits per heavy atom. The second-order valence-electron chi connectivity index (χ2n) is 4.69. The second-order valence-corrected chi connectivity index (χ2v) is 6.85. The van der Waals surface area contributed by atoms with E-state index in [1.54, 1.807) is 48.5 Å². The fourth-order valence-electron chi connectivity index (χ4n) is 1.78. The summed E-state index contributed by atoms with van der Waals surface area (Å²) in [6, 6.07) is 13.3. The number of carbonyl (C=O) groups excluding carboxylic acids is 1. The monoisotopic (exact) mass is 338 g/mol. The highest BCUT2D eigenvalue weighted by Crippen LogP contribution is 2.20. The first-order valence-corrected chi connectivity index (χ1v) is 8.50. The van der Waals surface area contributed by atoms with Crippen molar-refractivity contribution in [3.8, 4) is 0 Å². The van der Waals surface area contributed by atoms with E-state index >= 15 is 0 Å². The van der Waals surface area contributed by atoms with Gasteiger partial charge in [0.1, 0.15) is 5.88 Å². The highest BCUT2D eigenvalue weighted by molar-refractivity contribution is 7.90. The molecule has 0 aliphatic rings. The normalized spacial score (nSPS) is 11.0. The first kappa shape index (κ1) is 16.3. The van der Waals surface area contributed by atoms with Crippen molar-refractivity contribution < 1.29 is 13.2 Å². The summed E-state index contributed by atoms with van der Waals surface area (Å²) < 4.78 is 25.9. The Balaban J connectivity index is 2.02. The van der Waals surface area contributed by atoms with E-state index in [1.807, 2.05) is 11.6 Å². The highest BCUT2D eigenvalue weighted by Gasteiger charge is 2.16. The Kier molecular flexibility index (Phi) is 5.05. The van der Waals surface area contributed by atoms with Gasteiger partial charge < -0.3 is 5.32 Å². The summed E-state index contributed by atoms with van der Waals surface area (Å²) >= 11 is 5.87. The molecule has 0 aliphatic heterocycles. The molecule has 0 unspecified atom stereocenters. The van der Waals surface area contributed by atoms with Crippen LogP contribution in [0.1, 0.15) is 15.9 Å². The van der Waals surface area contributed by atoms with Gasteiger partial charge in [0.15, 0.2) is 0 Å². The molecule has 2 rings (SSSR count). The molecule has 0 heterocycles. The van der Waals surface area contributed by atoms with Gasteiger partial charge in [0, 0.05) is 16.3 Å². The van der Waals surface area contributed by atoms with Crippen LogP contribution in [0.2, 0.25) is 5.02 Å². The molecule has 22 heavy (non-hydrogen) atoms. The molecule has 0 radical (unpaired) electrons.